The van der Waals surface area contributed by atoms with E-state index in [1.165, 1.54) is 0 Å². The van der Waals surface area contributed by atoms with Crippen LogP contribution in [0.3, 0.4) is 0 Å². The average Bonchev–Trinajstić information content (AvgIpc) is 2.68. The molecule has 0 saturated heterocycles. The summed E-state index contributed by atoms with van der Waals surface area (Å²) in [5, 5.41) is 5.92. The van der Waals surface area contributed by atoms with Crippen LogP contribution in [0, 0.1) is 5.92 Å². The van der Waals surface area contributed by atoms with Crippen LogP contribution in [0.1, 0.15) is 44.5 Å². The van der Waals surface area contributed by atoms with Crippen LogP contribution in [0.5, 0.6) is 11.5 Å². The van der Waals surface area contributed by atoms with Crippen molar-refractivity contribution in [2.24, 2.45) is 5.92 Å². The smallest absolute Gasteiger partial charge is 0.257 e. The molecule has 5 nitrogen and oxygen atoms in total. The van der Waals surface area contributed by atoms with E-state index in [-0.39, 0.29) is 17.1 Å². The van der Waals surface area contributed by atoms with Gasteiger partial charge in [0.25, 0.3) is 5.91 Å². The molecule has 1 unspecified atom stereocenters. The molecule has 1 amide bonds. The minimum Gasteiger partial charge on any atom is -0.493 e. The predicted octanol–water partition coefficient (Wildman–Crippen LogP) is 5.03. The minimum atomic E-state index is -0.288. The van der Waals surface area contributed by atoms with E-state index in [1.807, 2.05) is 37.3 Å². The third-order valence-corrected chi connectivity index (χ3v) is 4.14. The zero-order valence-corrected chi connectivity index (χ0v) is 17.6. The number of anilines is 1. The van der Waals surface area contributed by atoms with Crippen molar-refractivity contribution in [2.45, 2.75) is 40.2 Å². The van der Waals surface area contributed by atoms with E-state index in [2.05, 4.69) is 31.4 Å². The Kier molecular flexibility index (Phi) is 8.26. The van der Waals surface area contributed by atoms with E-state index in [1.54, 1.807) is 18.2 Å². The number of carbonyl (C=O) groups excluding carboxylic acids is 1. The number of hydrogen-bond acceptors (Lipinski definition) is 4. The predicted molar refractivity (Wildman–Crippen MR) is 117 cm³/mol. The largest absolute Gasteiger partial charge is 0.493 e. The van der Waals surface area contributed by atoms with Crippen LogP contribution < -0.4 is 20.1 Å². The van der Waals surface area contributed by atoms with Crippen molar-refractivity contribution >= 4 is 28.9 Å². The number of hydrogen-bond donors (Lipinski definition) is 2. The van der Waals surface area contributed by atoms with Crippen LogP contribution in [0.25, 0.3) is 0 Å². The maximum absolute atomic E-state index is 12.4. The van der Waals surface area contributed by atoms with Crippen molar-refractivity contribution in [1.82, 2.24) is 5.32 Å². The van der Waals surface area contributed by atoms with Gasteiger partial charge in [0.05, 0.1) is 12.7 Å². The first-order valence-electron chi connectivity index (χ1n) is 9.49. The summed E-state index contributed by atoms with van der Waals surface area (Å²) in [6.07, 6.45) is 1.11. The topological polar surface area (TPSA) is 59.6 Å². The van der Waals surface area contributed by atoms with Gasteiger partial charge >= 0.3 is 0 Å². The van der Waals surface area contributed by atoms with E-state index in [0.717, 1.165) is 17.9 Å². The molecular formula is C22H28N2O3S. The number of thiocarbonyl (C=S) groups is 1. The highest BCUT2D eigenvalue weighted by atomic mass is 32.1. The molecule has 0 aliphatic heterocycles. The molecule has 0 spiro atoms. The van der Waals surface area contributed by atoms with Gasteiger partial charge in [0, 0.05) is 11.3 Å². The summed E-state index contributed by atoms with van der Waals surface area (Å²) in [4.78, 5) is 12.4. The van der Waals surface area contributed by atoms with Crippen molar-refractivity contribution in [2.75, 3.05) is 11.9 Å². The lowest BCUT2D eigenvalue weighted by Crippen LogP contribution is -2.34. The molecule has 28 heavy (non-hydrogen) atoms. The number of benzene rings is 2. The molecule has 2 rings (SSSR count). The lowest BCUT2D eigenvalue weighted by atomic mass is 10.2. The monoisotopic (exact) mass is 400 g/mol. The summed E-state index contributed by atoms with van der Waals surface area (Å²) in [7, 11) is 0. The zero-order chi connectivity index (χ0) is 20.5. The Bertz CT molecular complexity index is 791. The maximum Gasteiger partial charge on any atom is 0.257 e. The number of amides is 1. The molecule has 0 aromatic heterocycles. The SMILES string of the molecule is CCC(C)Oc1ccc(NC(=S)NC(=O)c2cccc(OCC(C)C)c2)cc1. The van der Waals surface area contributed by atoms with Crippen LogP contribution in [-0.4, -0.2) is 23.7 Å². The molecule has 0 aliphatic carbocycles. The summed E-state index contributed by atoms with van der Waals surface area (Å²) in [6, 6.07) is 14.5. The summed E-state index contributed by atoms with van der Waals surface area (Å²) in [5.74, 6) is 1.59. The van der Waals surface area contributed by atoms with E-state index in [4.69, 9.17) is 21.7 Å². The third-order valence-electron chi connectivity index (χ3n) is 3.93. The molecular weight excluding hydrogens is 372 g/mol. The lowest BCUT2D eigenvalue weighted by Gasteiger charge is -2.14. The van der Waals surface area contributed by atoms with Gasteiger partial charge in [0.2, 0.25) is 0 Å². The third kappa shape index (κ3) is 7.19. The fourth-order valence-corrected chi connectivity index (χ4v) is 2.47. The second-order valence-corrected chi connectivity index (χ2v) is 7.41. The zero-order valence-electron chi connectivity index (χ0n) is 16.8. The van der Waals surface area contributed by atoms with Gasteiger partial charge < -0.3 is 14.8 Å². The van der Waals surface area contributed by atoms with Gasteiger partial charge in [-0.25, -0.2) is 0 Å². The first kappa shape index (κ1) is 21.7. The standard InChI is InChI=1S/C22H28N2O3S/c1-5-16(4)27-19-11-9-18(10-12-19)23-22(28)24-21(25)17-7-6-8-20(13-17)26-14-15(2)3/h6-13,15-16H,5,14H2,1-4H3,(H2,23,24,25,28). The highest BCUT2D eigenvalue weighted by Crippen LogP contribution is 2.18. The van der Waals surface area contributed by atoms with Crippen LogP contribution >= 0.6 is 12.2 Å². The molecule has 0 aliphatic rings. The van der Waals surface area contributed by atoms with E-state index >= 15 is 0 Å². The van der Waals surface area contributed by atoms with Crippen molar-refractivity contribution in [3.05, 3.63) is 54.1 Å². The molecule has 1 atom stereocenters. The van der Waals surface area contributed by atoms with Gasteiger partial charge in [0.1, 0.15) is 11.5 Å². The number of ether oxygens (including phenoxy) is 2. The van der Waals surface area contributed by atoms with Gasteiger partial charge in [-0.1, -0.05) is 26.8 Å². The van der Waals surface area contributed by atoms with Crippen LogP contribution in [0.4, 0.5) is 5.69 Å². The Hall–Kier alpha value is -2.60. The molecule has 0 radical (unpaired) electrons. The number of nitrogens with one attached hydrogen (secondary N) is 2. The van der Waals surface area contributed by atoms with Gasteiger partial charge in [-0.15, -0.1) is 0 Å². The van der Waals surface area contributed by atoms with E-state index in [0.29, 0.717) is 23.8 Å². The number of rotatable bonds is 8. The Morgan fingerprint density at radius 2 is 1.79 bits per heavy atom. The van der Waals surface area contributed by atoms with Crippen LogP contribution in [0.15, 0.2) is 48.5 Å². The van der Waals surface area contributed by atoms with Crippen molar-refractivity contribution in [3.63, 3.8) is 0 Å². The van der Waals surface area contributed by atoms with Crippen molar-refractivity contribution in [3.8, 4) is 11.5 Å². The summed E-state index contributed by atoms with van der Waals surface area (Å²) in [6.45, 7) is 8.85. The Morgan fingerprint density at radius 1 is 1.07 bits per heavy atom. The van der Waals surface area contributed by atoms with Crippen molar-refractivity contribution in [1.29, 1.82) is 0 Å². The summed E-state index contributed by atoms with van der Waals surface area (Å²) >= 11 is 5.25. The lowest BCUT2D eigenvalue weighted by molar-refractivity contribution is 0.0977. The molecule has 0 fully saturated rings. The van der Waals surface area contributed by atoms with Gasteiger partial charge in [0.15, 0.2) is 5.11 Å². The second-order valence-electron chi connectivity index (χ2n) is 7.00. The van der Waals surface area contributed by atoms with Crippen molar-refractivity contribution < 1.29 is 14.3 Å². The van der Waals surface area contributed by atoms with E-state index in [9.17, 15) is 4.79 Å². The minimum absolute atomic E-state index is 0.166. The van der Waals surface area contributed by atoms with Crippen LogP contribution in [-0.2, 0) is 0 Å². The molecule has 6 heteroatoms. The number of carbonyl (C=O) groups is 1. The molecule has 2 N–H and O–H groups in total. The Morgan fingerprint density at radius 3 is 2.43 bits per heavy atom. The quantitative estimate of drug-likeness (QED) is 0.609. The molecule has 0 saturated carbocycles. The molecule has 150 valence electrons. The highest BCUT2D eigenvalue weighted by Gasteiger charge is 2.10. The second kappa shape index (κ2) is 10.7. The fourth-order valence-electron chi connectivity index (χ4n) is 2.26. The molecule has 0 bridgehead atoms. The van der Waals surface area contributed by atoms with Gasteiger partial charge in [-0.05, 0) is 73.9 Å². The van der Waals surface area contributed by atoms with Gasteiger partial charge in [-0.2, -0.15) is 0 Å². The van der Waals surface area contributed by atoms with Crippen LogP contribution in [0.2, 0.25) is 0 Å². The fraction of sp³-hybridized carbons (Fsp3) is 0.364. The highest BCUT2D eigenvalue weighted by molar-refractivity contribution is 7.80. The Labute approximate surface area is 172 Å². The maximum atomic E-state index is 12.4. The first-order chi connectivity index (χ1) is 13.4. The molecule has 2 aromatic carbocycles. The van der Waals surface area contributed by atoms with E-state index < -0.39 is 0 Å². The average molecular weight is 401 g/mol. The molecule has 0 heterocycles. The van der Waals surface area contributed by atoms with Gasteiger partial charge in [-0.3, -0.25) is 10.1 Å². The normalized spacial score (nSPS) is 11.6. The summed E-state index contributed by atoms with van der Waals surface area (Å²) < 4.78 is 11.4. The molecule has 2 aromatic rings. The summed E-state index contributed by atoms with van der Waals surface area (Å²) in [5.41, 5.74) is 1.26. The first-order valence-corrected chi connectivity index (χ1v) is 9.90. The Balaban J connectivity index is 1.90.